The van der Waals surface area contributed by atoms with Crippen molar-refractivity contribution in [3.63, 3.8) is 0 Å². The highest BCUT2D eigenvalue weighted by atomic mass is 19.1. The number of halogens is 1. The van der Waals surface area contributed by atoms with E-state index in [0.29, 0.717) is 47.0 Å². The number of aromatic amines is 1. The SMILES string of the molecule is Nc1nc(NCCCCc2nc3cccc(F)c3c(=O)n2-c2ccccc2)c2[nH]cnc2n1. The van der Waals surface area contributed by atoms with Gasteiger partial charge in [-0.15, -0.1) is 0 Å². The zero-order chi connectivity index (χ0) is 22.8. The van der Waals surface area contributed by atoms with Gasteiger partial charge in [0.1, 0.15) is 22.5 Å². The van der Waals surface area contributed by atoms with Crippen LogP contribution in [0.1, 0.15) is 18.7 Å². The molecule has 33 heavy (non-hydrogen) atoms. The normalized spacial score (nSPS) is 11.3. The molecule has 0 bridgehead atoms. The lowest BCUT2D eigenvalue weighted by Crippen LogP contribution is -2.24. The number of H-pyrrole nitrogens is 1. The molecule has 0 fully saturated rings. The summed E-state index contributed by atoms with van der Waals surface area (Å²) in [4.78, 5) is 33.3. The Balaban J connectivity index is 1.36. The maximum Gasteiger partial charge on any atom is 0.268 e. The average Bonchev–Trinajstić information content (AvgIpc) is 3.28. The number of nitrogen functional groups attached to an aromatic ring is 1. The first-order valence-corrected chi connectivity index (χ1v) is 10.6. The van der Waals surface area contributed by atoms with E-state index in [2.05, 4.69) is 30.2 Å². The summed E-state index contributed by atoms with van der Waals surface area (Å²) >= 11 is 0. The third-order valence-corrected chi connectivity index (χ3v) is 5.35. The van der Waals surface area contributed by atoms with Crippen molar-refractivity contribution < 1.29 is 4.39 Å². The molecule has 0 atom stereocenters. The van der Waals surface area contributed by atoms with Crippen LogP contribution in [0.15, 0.2) is 59.7 Å². The van der Waals surface area contributed by atoms with Crippen molar-refractivity contribution >= 4 is 33.8 Å². The fraction of sp³-hybridized carbons (Fsp3) is 0.174. The molecule has 0 aliphatic carbocycles. The number of para-hydroxylation sites is 1. The number of nitrogens with one attached hydrogen (secondary N) is 2. The van der Waals surface area contributed by atoms with Crippen LogP contribution >= 0.6 is 0 Å². The van der Waals surface area contributed by atoms with Crippen LogP contribution in [0, 0.1) is 5.82 Å². The van der Waals surface area contributed by atoms with Crippen LogP contribution in [0.4, 0.5) is 16.2 Å². The molecular weight excluding hydrogens is 423 g/mol. The van der Waals surface area contributed by atoms with E-state index in [4.69, 9.17) is 5.73 Å². The molecular formula is C23H21FN8O. The number of aromatic nitrogens is 6. The second-order valence-electron chi connectivity index (χ2n) is 7.55. The van der Waals surface area contributed by atoms with E-state index in [0.717, 1.165) is 12.8 Å². The predicted molar refractivity (Wildman–Crippen MR) is 125 cm³/mol. The number of nitrogens with zero attached hydrogens (tertiary/aromatic N) is 5. The van der Waals surface area contributed by atoms with Crippen molar-refractivity contribution in [3.05, 3.63) is 76.9 Å². The highest BCUT2D eigenvalue weighted by Crippen LogP contribution is 2.19. The Hall–Kier alpha value is -4.34. The van der Waals surface area contributed by atoms with Crippen molar-refractivity contribution in [1.29, 1.82) is 0 Å². The highest BCUT2D eigenvalue weighted by Gasteiger charge is 2.15. The Morgan fingerprint density at radius 1 is 1.03 bits per heavy atom. The van der Waals surface area contributed by atoms with Crippen LogP contribution in [0.25, 0.3) is 27.8 Å². The fourth-order valence-electron chi connectivity index (χ4n) is 3.84. The molecule has 0 aliphatic heterocycles. The minimum absolute atomic E-state index is 0.00306. The van der Waals surface area contributed by atoms with Gasteiger partial charge in [0.15, 0.2) is 11.5 Å². The van der Waals surface area contributed by atoms with Gasteiger partial charge in [-0.1, -0.05) is 24.3 Å². The van der Waals surface area contributed by atoms with Gasteiger partial charge in [0, 0.05) is 13.0 Å². The minimum Gasteiger partial charge on any atom is -0.368 e. The largest absolute Gasteiger partial charge is 0.368 e. The van der Waals surface area contributed by atoms with Crippen LogP contribution < -0.4 is 16.6 Å². The second-order valence-corrected chi connectivity index (χ2v) is 7.55. The molecule has 0 unspecified atom stereocenters. The molecule has 9 nitrogen and oxygen atoms in total. The van der Waals surface area contributed by atoms with Gasteiger partial charge in [-0.3, -0.25) is 9.36 Å². The minimum atomic E-state index is -0.570. The van der Waals surface area contributed by atoms with E-state index < -0.39 is 11.4 Å². The molecule has 4 N–H and O–H groups in total. The summed E-state index contributed by atoms with van der Waals surface area (Å²) < 4.78 is 15.9. The van der Waals surface area contributed by atoms with E-state index in [-0.39, 0.29) is 11.3 Å². The number of hydrogen-bond acceptors (Lipinski definition) is 7. The Morgan fingerprint density at radius 3 is 2.73 bits per heavy atom. The molecule has 5 aromatic rings. The number of nitrogens with two attached hydrogens (primary N) is 1. The number of aryl methyl sites for hydroxylation is 1. The number of rotatable bonds is 7. The molecule has 5 rings (SSSR count). The molecule has 0 saturated carbocycles. The number of hydrogen-bond donors (Lipinski definition) is 3. The molecule has 166 valence electrons. The van der Waals surface area contributed by atoms with Crippen molar-refractivity contribution in [3.8, 4) is 5.69 Å². The first-order chi connectivity index (χ1) is 16.1. The summed E-state index contributed by atoms with van der Waals surface area (Å²) in [7, 11) is 0. The number of anilines is 2. The van der Waals surface area contributed by atoms with Crippen molar-refractivity contribution in [2.75, 3.05) is 17.6 Å². The zero-order valence-corrected chi connectivity index (χ0v) is 17.6. The van der Waals surface area contributed by atoms with Gasteiger partial charge in [0.2, 0.25) is 5.95 Å². The summed E-state index contributed by atoms with van der Waals surface area (Å²) in [6.07, 6.45) is 3.62. The number of imidazole rings is 1. The van der Waals surface area contributed by atoms with Gasteiger partial charge in [-0.05, 0) is 37.1 Å². The topological polar surface area (TPSA) is 127 Å². The maximum absolute atomic E-state index is 14.4. The van der Waals surface area contributed by atoms with E-state index in [1.807, 2.05) is 30.3 Å². The molecule has 0 spiro atoms. The Morgan fingerprint density at radius 2 is 1.88 bits per heavy atom. The summed E-state index contributed by atoms with van der Waals surface area (Å²) in [5.41, 5.74) is 7.56. The standard InChI is InChI=1S/C23H21FN8O/c24-15-9-6-10-16-18(15)22(33)32(14-7-2-1-3-8-14)17(29-16)11-4-5-12-26-20-19-21(28-13-27-19)31-23(25)30-20/h1-3,6-10,13H,4-5,11-12H2,(H4,25,26,27,28,30,31). The molecule has 2 aromatic carbocycles. The van der Waals surface area contributed by atoms with Crippen LogP contribution in [0.5, 0.6) is 0 Å². The lowest BCUT2D eigenvalue weighted by Gasteiger charge is -2.14. The second kappa shape index (κ2) is 8.65. The molecule has 0 saturated heterocycles. The van der Waals surface area contributed by atoms with Crippen molar-refractivity contribution in [2.45, 2.75) is 19.3 Å². The van der Waals surface area contributed by atoms with Gasteiger partial charge in [0.05, 0.1) is 17.5 Å². The third kappa shape index (κ3) is 3.98. The van der Waals surface area contributed by atoms with Gasteiger partial charge in [0.25, 0.3) is 5.56 Å². The van der Waals surface area contributed by atoms with Gasteiger partial charge >= 0.3 is 0 Å². The van der Waals surface area contributed by atoms with Crippen molar-refractivity contribution in [1.82, 2.24) is 29.5 Å². The predicted octanol–water partition coefficient (Wildman–Crippen LogP) is 3.21. The maximum atomic E-state index is 14.4. The van der Waals surface area contributed by atoms with E-state index >= 15 is 0 Å². The summed E-state index contributed by atoms with van der Waals surface area (Å²) in [6.45, 7) is 0.627. The Kier molecular flexibility index (Phi) is 5.39. The number of fused-ring (bicyclic) bond motifs is 2. The van der Waals surface area contributed by atoms with E-state index in [1.54, 1.807) is 18.5 Å². The van der Waals surface area contributed by atoms with Crippen LogP contribution in [-0.4, -0.2) is 36.0 Å². The summed E-state index contributed by atoms with van der Waals surface area (Å²) in [6, 6.07) is 13.7. The Labute approximate surface area is 187 Å². The lowest BCUT2D eigenvalue weighted by atomic mass is 10.1. The first-order valence-electron chi connectivity index (χ1n) is 10.6. The lowest BCUT2D eigenvalue weighted by molar-refractivity contribution is 0.635. The average molecular weight is 444 g/mol. The number of benzene rings is 2. The van der Waals surface area contributed by atoms with E-state index in [9.17, 15) is 9.18 Å². The monoisotopic (exact) mass is 444 g/mol. The molecule has 0 radical (unpaired) electrons. The molecule has 10 heteroatoms. The third-order valence-electron chi connectivity index (χ3n) is 5.35. The smallest absolute Gasteiger partial charge is 0.268 e. The molecule has 0 amide bonds. The van der Waals surface area contributed by atoms with Gasteiger partial charge < -0.3 is 16.0 Å². The van der Waals surface area contributed by atoms with Crippen molar-refractivity contribution in [2.24, 2.45) is 0 Å². The molecule has 3 aromatic heterocycles. The first kappa shape index (κ1) is 20.6. The zero-order valence-electron chi connectivity index (χ0n) is 17.6. The van der Waals surface area contributed by atoms with Gasteiger partial charge in [-0.2, -0.15) is 9.97 Å². The Bertz CT molecular complexity index is 1500. The van der Waals surface area contributed by atoms with Crippen LogP contribution in [0.2, 0.25) is 0 Å². The molecule has 0 aliphatic rings. The summed E-state index contributed by atoms with van der Waals surface area (Å²) in [5.74, 6) is 0.762. The van der Waals surface area contributed by atoms with Crippen LogP contribution in [-0.2, 0) is 6.42 Å². The van der Waals surface area contributed by atoms with E-state index in [1.165, 1.54) is 10.6 Å². The number of unbranched alkanes of at least 4 members (excludes halogenated alkanes) is 1. The van der Waals surface area contributed by atoms with Gasteiger partial charge in [-0.25, -0.2) is 14.4 Å². The van der Waals surface area contributed by atoms with Crippen LogP contribution in [0.3, 0.4) is 0 Å². The fourth-order valence-corrected chi connectivity index (χ4v) is 3.84. The quantitative estimate of drug-likeness (QED) is 0.329. The summed E-state index contributed by atoms with van der Waals surface area (Å²) in [5, 5.41) is 3.25. The highest BCUT2D eigenvalue weighted by molar-refractivity contribution is 5.83. The molecule has 3 heterocycles.